The first kappa shape index (κ1) is 15.8. The minimum atomic E-state index is 0.565. The minimum Gasteiger partial charge on any atom is -0.497 e. The van der Waals surface area contributed by atoms with Gasteiger partial charge in [-0.3, -0.25) is 4.99 Å². The molecule has 0 bridgehead atoms. The van der Waals surface area contributed by atoms with Gasteiger partial charge in [0.1, 0.15) is 18.1 Å². The first-order valence-electron chi connectivity index (χ1n) is 7.22. The lowest BCUT2D eigenvalue weighted by Crippen LogP contribution is -1.97. The molecular weight excluding hydrogens is 274 g/mol. The molecule has 3 heteroatoms. The standard InChI is InChI=1S/C19H21NO2/c1-15(2)12-13-22-19-7-5-4-6-16(19)14-20-17-8-10-18(21-3)11-9-17/h4-12,14H,13H2,1-3H3. The molecule has 2 aromatic rings. The summed E-state index contributed by atoms with van der Waals surface area (Å²) >= 11 is 0. The Balaban J connectivity index is 2.10. The molecule has 114 valence electrons. The zero-order valence-electron chi connectivity index (χ0n) is 13.2. The molecule has 3 nitrogen and oxygen atoms in total. The maximum Gasteiger partial charge on any atom is 0.128 e. The second-order valence-electron chi connectivity index (χ2n) is 5.09. The number of rotatable bonds is 6. The highest BCUT2D eigenvalue weighted by molar-refractivity contribution is 5.85. The summed E-state index contributed by atoms with van der Waals surface area (Å²) < 4.78 is 10.9. The van der Waals surface area contributed by atoms with Gasteiger partial charge in [-0.25, -0.2) is 0 Å². The fraction of sp³-hybridized carbons (Fsp3) is 0.211. The molecule has 0 amide bonds. The van der Waals surface area contributed by atoms with Gasteiger partial charge in [-0.2, -0.15) is 0 Å². The second kappa shape index (κ2) is 8.03. The van der Waals surface area contributed by atoms with Gasteiger partial charge >= 0.3 is 0 Å². The van der Waals surface area contributed by atoms with E-state index in [1.54, 1.807) is 7.11 Å². The van der Waals surface area contributed by atoms with Gasteiger partial charge < -0.3 is 9.47 Å². The second-order valence-corrected chi connectivity index (χ2v) is 5.09. The van der Waals surface area contributed by atoms with Crippen molar-refractivity contribution >= 4 is 11.9 Å². The Kier molecular flexibility index (Phi) is 5.78. The largest absolute Gasteiger partial charge is 0.497 e. The molecular formula is C19H21NO2. The molecule has 0 saturated heterocycles. The number of benzene rings is 2. The van der Waals surface area contributed by atoms with E-state index >= 15 is 0 Å². The number of hydrogen-bond donors (Lipinski definition) is 0. The van der Waals surface area contributed by atoms with Crippen molar-refractivity contribution in [2.24, 2.45) is 4.99 Å². The number of methoxy groups -OCH3 is 1. The molecule has 0 saturated carbocycles. The average Bonchev–Trinajstić information content (AvgIpc) is 2.54. The van der Waals surface area contributed by atoms with Crippen LogP contribution >= 0.6 is 0 Å². The number of hydrogen-bond acceptors (Lipinski definition) is 3. The Bertz CT molecular complexity index is 653. The maximum absolute atomic E-state index is 5.79. The van der Waals surface area contributed by atoms with E-state index in [1.807, 2.05) is 54.7 Å². The van der Waals surface area contributed by atoms with Crippen molar-refractivity contribution < 1.29 is 9.47 Å². The van der Waals surface area contributed by atoms with E-state index in [4.69, 9.17) is 9.47 Å². The fourth-order valence-electron chi connectivity index (χ4n) is 1.83. The Morgan fingerprint density at radius 3 is 2.45 bits per heavy atom. The van der Waals surface area contributed by atoms with Crippen LogP contribution < -0.4 is 9.47 Å². The Hall–Kier alpha value is -2.55. The number of allylic oxidation sites excluding steroid dienone is 1. The molecule has 0 aliphatic rings. The third-order valence-corrected chi connectivity index (χ3v) is 3.07. The highest BCUT2D eigenvalue weighted by Crippen LogP contribution is 2.20. The molecule has 2 rings (SSSR count). The molecule has 0 N–H and O–H groups in total. The normalized spacial score (nSPS) is 10.5. The zero-order chi connectivity index (χ0) is 15.8. The molecule has 0 aliphatic carbocycles. The molecule has 0 aromatic heterocycles. The summed E-state index contributed by atoms with van der Waals surface area (Å²) in [5, 5.41) is 0. The highest BCUT2D eigenvalue weighted by Gasteiger charge is 1.99. The van der Waals surface area contributed by atoms with Gasteiger partial charge in [-0.05, 0) is 56.3 Å². The van der Waals surface area contributed by atoms with Crippen molar-refractivity contribution in [3.63, 3.8) is 0 Å². The van der Waals surface area contributed by atoms with Gasteiger partial charge in [-0.1, -0.05) is 17.7 Å². The molecule has 0 atom stereocenters. The van der Waals surface area contributed by atoms with Gasteiger partial charge in [0.2, 0.25) is 0 Å². The molecule has 0 radical (unpaired) electrons. The Morgan fingerprint density at radius 2 is 1.77 bits per heavy atom. The van der Waals surface area contributed by atoms with Crippen LogP contribution in [0.25, 0.3) is 0 Å². The quantitative estimate of drug-likeness (QED) is 0.566. The van der Waals surface area contributed by atoms with E-state index in [9.17, 15) is 0 Å². The summed E-state index contributed by atoms with van der Waals surface area (Å²) in [4.78, 5) is 4.48. The Morgan fingerprint density at radius 1 is 1.05 bits per heavy atom. The Labute approximate surface area is 131 Å². The van der Waals surface area contributed by atoms with Crippen molar-refractivity contribution in [3.8, 4) is 11.5 Å². The number of para-hydroxylation sites is 1. The van der Waals surface area contributed by atoms with Crippen LogP contribution in [0.4, 0.5) is 5.69 Å². The molecule has 0 heterocycles. The summed E-state index contributed by atoms with van der Waals surface area (Å²) in [6.07, 6.45) is 3.87. The van der Waals surface area contributed by atoms with E-state index in [0.717, 1.165) is 22.7 Å². The lowest BCUT2D eigenvalue weighted by atomic mass is 10.2. The van der Waals surface area contributed by atoms with Crippen molar-refractivity contribution in [2.75, 3.05) is 13.7 Å². The van der Waals surface area contributed by atoms with Crippen LogP contribution in [-0.4, -0.2) is 19.9 Å². The molecule has 0 fully saturated rings. The summed E-state index contributed by atoms with van der Waals surface area (Å²) in [6.45, 7) is 4.68. The first-order valence-corrected chi connectivity index (χ1v) is 7.22. The van der Waals surface area contributed by atoms with Crippen LogP contribution in [0.5, 0.6) is 11.5 Å². The lowest BCUT2D eigenvalue weighted by Gasteiger charge is -2.07. The van der Waals surface area contributed by atoms with Gasteiger partial charge in [0.25, 0.3) is 0 Å². The van der Waals surface area contributed by atoms with Gasteiger partial charge in [0.15, 0.2) is 0 Å². The summed E-state index contributed by atoms with van der Waals surface area (Å²) in [5.41, 5.74) is 3.07. The van der Waals surface area contributed by atoms with Gasteiger partial charge in [0, 0.05) is 11.8 Å². The molecule has 0 aliphatic heterocycles. The van der Waals surface area contributed by atoms with Gasteiger partial charge in [-0.15, -0.1) is 0 Å². The number of nitrogens with zero attached hydrogens (tertiary/aromatic N) is 1. The van der Waals surface area contributed by atoms with E-state index in [2.05, 4.69) is 24.9 Å². The predicted octanol–water partition coefficient (Wildman–Crippen LogP) is 4.79. The van der Waals surface area contributed by atoms with Crippen LogP contribution in [-0.2, 0) is 0 Å². The number of aliphatic imine (C=N–C) groups is 1. The number of ether oxygens (including phenoxy) is 2. The predicted molar refractivity (Wildman–Crippen MR) is 91.6 cm³/mol. The molecule has 2 aromatic carbocycles. The van der Waals surface area contributed by atoms with Crippen LogP contribution in [0.15, 0.2) is 65.2 Å². The van der Waals surface area contributed by atoms with Crippen molar-refractivity contribution in [2.45, 2.75) is 13.8 Å². The maximum atomic E-state index is 5.79. The van der Waals surface area contributed by atoms with Crippen LogP contribution in [0, 0.1) is 0 Å². The van der Waals surface area contributed by atoms with Gasteiger partial charge in [0.05, 0.1) is 12.8 Å². The van der Waals surface area contributed by atoms with Crippen molar-refractivity contribution in [3.05, 3.63) is 65.7 Å². The smallest absolute Gasteiger partial charge is 0.128 e. The van der Waals surface area contributed by atoms with E-state index in [-0.39, 0.29) is 0 Å². The monoisotopic (exact) mass is 295 g/mol. The van der Waals surface area contributed by atoms with Crippen LogP contribution in [0.1, 0.15) is 19.4 Å². The average molecular weight is 295 g/mol. The van der Waals surface area contributed by atoms with Crippen LogP contribution in [0.2, 0.25) is 0 Å². The zero-order valence-corrected chi connectivity index (χ0v) is 13.2. The first-order chi connectivity index (χ1) is 10.7. The topological polar surface area (TPSA) is 30.8 Å². The summed E-state index contributed by atoms with van der Waals surface area (Å²) in [5.74, 6) is 1.65. The lowest BCUT2D eigenvalue weighted by molar-refractivity contribution is 0.361. The third-order valence-electron chi connectivity index (χ3n) is 3.07. The minimum absolute atomic E-state index is 0.565. The molecule has 0 unspecified atom stereocenters. The van der Waals surface area contributed by atoms with E-state index in [0.29, 0.717) is 6.61 Å². The van der Waals surface area contributed by atoms with Crippen LogP contribution in [0.3, 0.4) is 0 Å². The van der Waals surface area contributed by atoms with Crippen molar-refractivity contribution in [1.82, 2.24) is 0 Å². The fourth-order valence-corrected chi connectivity index (χ4v) is 1.83. The summed E-state index contributed by atoms with van der Waals surface area (Å²) in [6, 6.07) is 15.5. The van der Waals surface area contributed by atoms with E-state index < -0.39 is 0 Å². The SMILES string of the molecule is COc1ccc(N=Cc2ccccc2OCC=C(C)C)cc1. The third kappa shape index (κ3) is 4.77. The van der Waals surface area contributed by atoms with Crippen molar-refractivity contribution in [1.29, 1.82) is 0 Å². The highest BCUT2D eigenvalue weighted by atomic mass is 16.5. The molecule has 0 spiro atoms. The molecule has 22 heavy (non-hydrogen) atoms. The summed E-state index contributed by atoms with van der Waals surface area (Å²) in [7, 11) is 1.65. The van der Waals surface area contributed by atoms with E-state index in [1.165, 1.54) is 5.57 Å².